The Morgan fingerprint density at radius 1 is 0.480 bits per heavy atom. The molecule has 0 aromatic carbocycles. The summed E-state index contributed by atoms with van der Waals surface area (Å²) in [4.78, 5) is 0. The molecule has 0 radical (unpaired) electrons. The van der Waals surface area contributed by atoms with E-state index in [0.717, 1.165) is 18.6 Å². The van der Waals surface area contributed by atoms with Crippen LogP contribution in [-0.4, -0.2) is 25.2 Å². The highest BCUT2D eigenvalue weighted by Crippen LogP contribution is 3.58. The van der Waals surface area contributed by atoms with Crippen molar-refractivity contribution in [3.63, 3.8) is 0 Å². The second kappa shape index (κ2) is 3.75. The molecule has 6 aliphatic heterocycles. The van der Waals surface area contributed by atoms with Gasteiger partial charge in [-0.2, -0.15) is 0 Å². The van der Waals surface area contributed by atoms with Gasteiger partial charge in [0.25, 0.3) is 0 Å². The second-order valence-corrected chi connectivity index (χ2v) is 29.9. The molecule has 0 aromatic rings. The number of rotatable bonds is 0. The fourth-order valence-corrected chi connectivity index (χ4v) is 64.8. The first-order valence-electron chi connectivity index (χ1n) is 10.1. The molecule has 0 nitrogen and oxygen atoms in total. The van der Waals surface area contributed by atoms with Crippen LogP contribution < -0.4 is 0 Å². The number of hydrogen-bond acceptors (Lipinski definition) is 0. The standard InChI is InChI=1S/C21H39P4/c1-14(2,3)18-22-19(15(4,5)6)23(18)21(17(10,11)12)24(18)20(22,16(7,8)9)25(19,21)13/h1-13H3/q+1. The molecule has 0 aromatic heterocycles. The monoisotopic (exact) mass is 415 g/mol. The van der Waals surface area contributed by atoms with Crippen LogP contribution in [0.3, 0.4) is 0 Å². The summed E-state index contributed by atoms with van der Waals surface area (Å²) >= 11 is 0. The van der Waals surface area contributed by atoms with E-state index in [2.05, 4.69) is 89.7 Å². The van der Waals surface area contributed by atoms with Crippen molar-refractivity contribution in [3.8, 4) is 0 Å². The smallest absolute Gasteiger partial charge is 0.0586 e. The van der Waals surface area contributed by atoms with E-state index in [-0.39, 0.29) is 23.8 Å². The minimum absolute atomic E-state index is 0.239. The van der Waals surface area contributed by atoms with Gasteiger partial charge in [0.1, 0.15) is 13.9 Å². The van der Waals surface area contributed by atoms with Crippen molar-refractivity contribution in [2.24, 2.45) is 21.7 Å². The molecule has 0 aliphatic carbocycles. The van der Waals surface area contributed by atoms with Crippen LogP contribution in [0, 0.1) is 21.7 Å². The summed E-state index contributed by atoms with van der Waals surface area (Å²) in [6, 6.07) is 0. The third-order valence-corrected chi connectivity index (χ3v) is 44.1. The Morgan fingerprint density at radius 2 is 0.720 bits per heavy atom. The van der Waals surface area contributed by atoms with E-state index in [9.17, 15) is 0 Å². The van der Waals surface area contributed by atoms with Gasteiger partial charge in [-0.05, 0) is 5.41 Å². The van der Waals surface area contributed by atoms with Gasteiger partial charge in [-0.1, -0.05) is 83.1 Å². The zero-order chi connectivity index (χ0) is 19.2. The van der Waals surface area contributed by atoms with Crippen molar-refractivity contribution in [1.29, 1.82) is 0 Å². The minimum atomic E-state index is -0.881. The maximum Gasteiger partial charge on any atom is 0.133 e. The normalized spacial score (nSPS) is 60.6. The fraction of sp³-hybridized carbons (Fsp3) is 1.00. The molecule has 0 atom stereocenters. The molecule has 25 heavy (non-hydrogen) atoms. The molecule has 0 amide bonds. The van der Waals surface area contributed by atoms with E-state index < -0.39 is 7.26 Å². The fourth-order valence-electron chi connectivity index (χ4n) is 9.17. The molecule has 0 N–H and O–H groups in total. The van der Waals surface area contributed by atoms with Crippen molar-refractivity contribution in [2.75, 3.05) is 6.66 Å². The molecular formula is C21H39P4+. The maximum atomic E-state index is 2.91. The first-order valence-corrected chi connectivity index (χ1v) is 16.4. The Bertz CT molecular complexity index is 623. The third kappa shape index (κ3) is 1.03. The molecule has 0 spiro atoms. The Balaban J connectivity index is 1.81. The Kier molecular flexibility index (Phi) is 2.81. The van der Waals surface area contributed by atoms with E-state index in [4.69, 9.17) is 0 Å². The molecule has 6 heterocycles. The van der Waals surface area contributed by atoms with E-state index in [1.54, 1.807) is 0 Å². The van der Waals surface area contributed by atoms with Crippen molar-refractivity contribution >= 4 is 31.0 Å². The van der Waals surface area contributed by atoms with Gasteiger partial charge < -0.3 is 0 Å². The predicted octanol–water partition coefficient (Wildman–Crippen LogP) is 8.95. The zero-order valence-corrected chi connectivity index (χ0v) is 22.4. The second-order valence-electron chi connectivity index (χ2n) is 13.6. The van der Waals surface area contributed by atoms with Gasteiger partial charge in [0.15, 0.2) is 0 Å². The molecule has 6 rings (SSSR count). The van der Waals surface area contributed by atoms with Gasteiger partial charge >= 0.3 is 0 Å². The molecule has 4 heteroatoms. The molecule has 6 fully saturated rings. The lowest BCUT2D eigenvalue weighted by molar-refractivity contribution is 0.233. The van der Waals surface area contributed by atoms with Crippen molar-refractivity contribution in [2.45, 2.75) is 102 Å². The lowest BCUT2D eigenvalue weighted by Crippen LogP contribution is -3.04. The average molecular weight is 415 g/mol. The Hall–Kier alpha value is 1.72. The van der Waals surface area contributed by atoms with E-state index in [0.29, 0.717) is 21.7 Å². The average Bonchev–Trinajstić information content (AvgIpc) is 2.31. The zero-order valence-electron chi connectivity index (χ0n) is 18.8. The molecule has 0 saturated carbocycles. The number of hydrogen-bond donors (Lipinski definition) is 0. The SMILES string of the molecule is CC(C)(C)C12P3C4(C(C)(C)C)P1C1(C(C)(C)C)P2C3(C(C)(C)C)[P+]41C. The highest BCUT2D eigenvalue weighted by molar-refractivity contribution is 8.57. The highest BCUT2D eigenvalue weighted by atomic mass is 31.5. The van der Waals surface area contributed by atoms with E-state index >= 15 is 0 Å². The first-order chi connectivity index (χ1) is 10.8. The van der Waals surface area contributed by atoms with Crippen molar-refractivity contribution in [3.05, 3.63) is 0 Å². The Morgan fingerprint density at radius 3 is 0.880 bits per heavy atom. The van der Waals surface area contributed by atoms with Crippen LogP contribution >= 0.6 is 31.0 Å². The summed E-state index contributed by atoms with van der Waals surface area (Å²) in [5, 5.41) is 0. The largest absolute Gasteiger partial charge is 0.133 e. The molecule has 0 unspecified atom stereocenters. The molecular weight excluding hydrogens is 376 g/mol. The van der Waals surface area contributed by atoms with Gasteiger partial charge in [-0.3, -0.25) is 0 Å². The third-order valence-electron chi connectivity index (χ3n) is 8.70. The van der Waals surface area contributed by atoms with E-state index in [1.807, 2.05) is 0 Å². The Labute approximate surface area is 161 Å². The molecule has 0 bridgehead atoms. The minimum Gasteiger partial charge on any atom is -0.0586 e. The highest BCUT2D eigenvalue weighted by Gasteiger charge is 3.34. The van der Waals surface area contributed by atoms with Crippen LogP contribution in [0.2, 0.25) is 0 Å². The lowest BCUT2D eigenvalue weighted by atomic mass is 9.95. The first kappa shape index (κ1) is 18.7. The van der Waals surface area contributed by atoms with Crippen LogP contribution in [0.1, 0.15) is 83.1 Å². The van der Waals surface area contributed by atoms with Gasteiger partial charge in [0, 0.05) is 40.0 Å². The summed E-state index contributed by atoms with van der Waals surface area (Å²) in [7, 11) is -0.163. The van der Waals surface area contributed by atoms with Gasteiger partial charge in [0.05, 0.1) is 18.6 Å². The summed E-state index contributed by atoms with van der Waals surface area (Å²) in [6.45, 7) is 34.6. The van der Waals surface area contributed by atoms with Gasteiger partial charge in [0.2, 0.25) is 0 Å². The topological polar surface area (TPSA) is 0 Å². The maximum absolute atomic E-state index is 2.91. The van der Waals surface area contributed by atoms with Crippen LogP contribution in [0.5, 0.6) is 0 Å². The van der Waals surface area contributed by atoms with Crippen LogP contribution in [-0.2, 0) is 0 Å². The summed E-state index contributed by atoms with van der Waals surface area (Å²) in [6.07, 6.45) is 0. The van der Waals surface area contributed by atoms with Crippen LogP contribution in [0.4, 0.5) is 0 Å². The predicted molar refractivity (Wildman–Crippen MR) is 122 cm³/mol. The van der Waals surface area contributed by atoms with E-state index in [1.165, 1.54) is 0 Å². The lowest BCUT2D eigenvalue weighted by Gasteiger charge is -3.19. The quantitative estimate of drug-likeness (QED) is 0.346. The van der Waals surface area contributed by atoms with Gasteiger partial charge in [-0.25, -0.2) is 0 Å². The molecule has 142 valence electrons. The van der Waals surface area contributed by atoms with Crippen molar-refractivity contribution in [1.82, 2.24) is 0 Å². The summed E-state index contributed by atoms with van der Waals surface area (Å²) < 4.78 is 3.43. The van der Waals surface area contributed by atoms with Crippen LogP contribution in [0.15, 0.2) is 0 Å². The van der Waals surface area contributed by atoms with Crippen molar-refractivity contribution < 1.29 is 0 Å². The summed E-state index contributed by atoms with van der Waals surface area (Å²) in [5.41, 5.74) is 2.20. The summed E-state index contributed by atoms with van der Waals surface area (Å²) in [5.74, 6) is 0. The van der Waals surface area contributed by atoms with Crippen LogP contribution in [0.25, 0.3) is 0 Å². The molecule has 6 saturated heterocycles. The van der Waals surface area contributed by atoms with Gasteiger partial charge in [-0.15, -0.1) is 0 Å². The molecule has 6 aliphatic rings.